The number of epoxide rings is 1. The molecular formula is C22H34O2. The predicted octanol–water partition coefficient (Wildman–Crippen LogP) is 6.09. The van der Waals surface area contributed by atoms with E-state index in [1.165, 1.54) is 69.8 Å². The lowest BCUT2D eigenvalue weighted by atomic mass is 10.1. The van der Waals surface area contributed by atoms with Gasteiger partial charge in [0, 0.05) is 0 Å². The number of unbranched alkanes of at least 4 members (excludes halogenated alkanes) is 7. The molecule has 2 rings (SSSR count). The third kappa shape index (κ3) is 9.12. The normalized spacial score (nSPS) is 16.6. The van der Waals surface area contributed by atoms with Crippen LogP contribution in [0.25, 0.3) is 0 Å². The fraction of sp³-hybridized carbons (Fsp3) is 0.636. The minimum atomic E-state index is 0.329. The largest absolute Gasteiger partial charge is 0.491 e. The van der Waals surface area contributed by atoms with Crippen LogP contribution < -0.4 is 4.74 Å². The Bertz CT molecular complexity index is 446. The summed E-state index contributed by atoms with van der Waals surface area (Å²) in [5, 5.41) is 0. The van der Waals surface area contributed by atoms with Gasteiger partial charge in [-0.15, -0.1) is 0 Å². The van der Waals surface area contributed by atoms with Gasteiger partial charge in [-0.2, -0.15) is 0 Å². The van der Waals surface area contributed by atoms with E-state index in [0.29, 0.717) is 12.7 Å². The van der Waals surface area contributed by atoms with Crippen molar-refractivity contribution in [2.24, 2.45) is 0 Å². The molecule has 0 aliphatic carbocycles. The third-order valence-electron chi connectivity index (χ3n) is 4.49. The first-order chi connectivity index (χ1) is 11.9. The van der Waals surface area contributed by atoms with E-state index in [4.69, 9.17) is 9.47 Å². The molecule has 1 aromatic rings. The zero-order chi connectivity index (χ0) is 16.9. The molecule has 1 aliphatic rings. The fourth-order valence-electron chi connectivity index (χ4n) is 2.80. The monoisotopic (exact) mass is 330 g/mol. The Kier molecular flexibility index (Phi) is 9.63. The molecule has 0 amide bonds. The van der Waals surface area contributed by atoms with Crippen LogP contribution in [0.15, 0.2) is 36.4 Å². The molecule has 2 heteroatoms. The Morgan fingerprint density at radius 1 is 0.958 bits per heavy atom. The van der Waals surface area contributed by atoms with Crippen LogP contribution in [0, 0.1) is 0 Å². The quantitative estimate of drug-likeness (QED) is 0.234. The highest BCUT2D eigenvalue weighted by Gasteiger charge is 2.22. The first kappa shape index (κ1) is 19.1. The first-order valence-corrected chi connectivity index (χ1v) is 9.87. The van der Waals surface area contributed by atoms with Crippen LogP contribution in [0.1, 0.15) is 70.3 Å². The average molecular weight is 331 g/mol. The maximum absolute atomic E-state index is 5.66. The zero-order valence-corrected chi connectivity index (χ0v) is 15.3. The molecule has 0 bridgehead atoms. The molecule has 1 fully saturated rings. The highest BCUT2D eigenvalue weighted by atomic mass is 16.6. The summed E-state index contributed by atoms with van der Waals surface area (Å²) in [5.41, 5.74) is 1.41. The molecule has 0 aromatic heterocycles. The lowest BCUT2D eigenvalue weighted by Gasteiger charge is -2.06. The second kappa shape index (κ2) is 12.1. The molecule has 0 saturated carbocycles. The molecule has 1 unspecified atom stereocenters. The van der Waals surface area contributed by atoms with Crippen molar-refractivity contribution >= 4 is 0 Å². The Morgan fingerprint density at radius 2 is 1.62 bits per heavy atom. The molecular weight excluding hydrogens is 296 g/mol. The van der Waals surface area contributed by atoms with Gasteiger partial charge in [0.25, 0.3) is 0 Å². The van der Waals surface area contributed by atoms with E-state index in [1.54, 1.807) is 0 Å². The summed E-state index contributed by atoms with van der Waals surface area (Å²) < 4.78 is 10.8. The first-order valence-electron chi connectivity index (χ1n) is 9.87. The van der Waals surface area contributed by atoms with Gasteiger partial charge in [0.15, 0.2) is 0 Å². The number of ether oxygens (including phenoxy) is 2. The van der Waals surface area contributed by atoms with Gasteiger partial charge in [-0.05, 0) is 56.2 Å². The Morgan fingerprint density at radius 3 is 2.25 bits per heavy atom. The van der Waals surface area contributed by atoms with Crippen LogP contribution in [0.2, 0.25) is 0 Å². The Labute approximate surface area is 148 Å². The molecule has 2 nitrogen and oxygen atoms in total. The molecule has 1 aliphatic heterocycles. The molecule has 0 N–H and O–H groups in total. The van der Waals surface area contributed by atoms with E-state index in [0.717, 1.165) is 12.4 Å². The lowest BCUT2D eigenvalue weighted by molar-refractivity contribution is 0.263. The Hall–Kier alpha value is -1.28. The zero-order valence-electron chi connectivity index (χ0n) is 15.3. The number of hydrogen-bond donors (Lipinski definition) is 0. The summed E-state index contributed by atoms with van der Waals surface area (Å²) >= 11 is 0. The number of hydrogen-bond acceptors (Lipinski definition) is 2. The van der Waals surface area contributed by atoms with Crippen molar-refractivity contribution in [3.05, 3.63) is 42.0 Å². The van der Waals surface area contributed by atoms with Gasteiger partial charge >= 0.3 is 0 Å². The average Bonchev–Trinajstić information content (AvgIpc) is 3.43. The fourth-order valence-corrected chi connectivity index (χ4v) is 2.80. The molecule has 1 saturated heterocycles. The van der Waals surface area contributed by atoms with E-state index in [9.17, 15) is 0 Å². The maximum atomic E-state index is 5.66. The molecule has 134 valence electrons. The topological polar surface area (TPSA) is 21.8 Å². The maximum Gasteiger partial charge on any atom is 0.119 e. The van der Waals surface area contributed by atoms with Crippen molar-refractivity contribution in [2.45, 2.75) is 77.2 Å². The SMILES string of the molecule is CCCCCC/C=C/CCCCCc1ccc(OCC2CO2)cc1. The van der Waals surface area contributed by atoms with E-state index in [2.05, 4.69) is 43.3 Å². The standard InChI is InChI=1S/C22H34O2/c1-2-3-4-5-6-7-8-9-10-11-12-13-20-14-16-21(17-15-20)23-18-22-19-24-22/h7-8,14-17,22H,2-6,9-13,18-19H2,1H3/b8-7+. The van der Waals surface area contributed by atoms with Crippen LogP contribution in [-0.2, 0) is 11.2 Å². The van der Waals surface area contributed by atoms with Gasteiger partial charge in [0.1, 0.15) is 18.5 Å². The van der Waals surface area contributed by atoms with Crippen LogP contribution in [0.4, 0.5) is 0 Å². The number of aryl methyl sites for hydroxylation is 1. The number of benzene rings is 1. The lowest BCUT2D eigenvalue weighted by Crippen LogP contribution is -2.03. The summed E-state index contributed by atoms with van der Waals surface area (Å²) in [7, 11) is 0. The van der Waals surface area contributed by atoms with Crippen LogP contribution >= 0.6 is 0 Å². The summed E-state index contributed by atoms with van der Waals surface area (Å²) in [6.07, 6.45) is 18.1. The van der Waals surface area contributed by atoms with Gasteiger partial charge in [0.05, 0.1) is 6.61 Å². The smallest absolute Gasteiger partial charge is 0.119 e. The highest BCUT2D eigenvalue weighted by molar-refractivity contribution is 5.27. The highest BCUT2D eigenvalue weighted by Crippen LogP contribution is 2.17. The Balaban J connectivity index is 1.44. The van der Waals surface area contributed by atoms with Crippen LogP contribution in [-0.4, -0.2) is 19.3 Å². The van der Waals surface area contributed by atoms with Crippen LogP contribution in [0.5, 0.6) is 5.75 Å². The van der Waals surface area contributed by atoms with Gasteiger partial charge in [0.2, 0.25) is 0 Å². The molecule has 0 radical (unpaired) electrons. The van der Waals surface area contributed by atoms with Gasteiger partial charge in [-0.1, -0.05) is 56.9 Å². The summed E-state index contributed by atoms with van der Waals surface area (Å²) in [5.74, 6) is 0.957. The minimum absolute atomic E-state index is 0.329. The molecule has 24 heavy (non-hydrogen) atoms. The second-order valence-corrected chi connectivity index (χ2v) is 6.83. The van der Waals surface area contributed by atoms with Crippen molar-refractivity contribution in [1.82, 2.24) is 0 Å². The van der Waals surface area contributed by atoms with Gasteiger partial charge in [-0.3, -0.25) is 0 Å². The van der Waals surface area contributed by atoms with Crippen molar-refractivity contribution in [3.63, 3.8) is 0 Å². The summed E-state index contributed by atoms with van der Waals surface area (Å²) in [4.78, 5) is 0. The molecule has 1 aromatic carbocycles. The number of rotatable bonds is 14. The van der Waals surface area contributed by atoms with E-state index in [-0.39, 0.29) is 0 Å². The van der Waals surface area contributed by atoms with E-state index >= 15 is 0 Å². The van der Waals surface area contributed by atoms with E-state index < -0.39 is 0 Å². The second-order valence-electron chi connectivity index (χ2n) is 6.83. The van der Waals surface area contributed by atoms with E-state index in [1.807, 2.05) is 0 Å². The van der Waals surface area contributed by atoms with Crippen molar-refractivity contribution in [1.29, 1.82) is 0 Å². The number of allylic oxidation sites excluding steroid dienone is 2. The van der Waals surface area contributed by atoms with Crippen molar-refractivity contribution in [3.8, 4) is 5.75 Å². The minimum Gasteiger partial charge on any atom is -0.491 e. The third-order valence-corrected chi connectivity index (χ3v) is 4.49. The van der Waals surface area contributed by atoms with Gasteiger partial charge in [-0.25, -0.2) is 0 Å². The van der Waals surface area contributed by atoms with Crippen molar-refractivity contribution < 1.29 is 9.47 Å². The molecule has 1 atom stereocenters. The molecule has 1 heterocycles. The van der Waals surface area contributed by atoms with Crippen molar-refractivity contribution in [2.75, 3.05) is 13.2 Å². The molecule has 0 spiro atoms. The predicted molar refractivity (Wildman–Crippen MR) is 102 cm³/mol. The summed E-state index contributed by atoms with van der Waals surface area (Å²) in [6, 6.07) is 8.55. The summed E-state index contributed by atoms with van der Waals surface area (Å²) in [6.45, 7) is 3.81. The van der Waals surface area contributed by atoms with Gasteiger partial charge < -0.3 is 9.47 Å². The van der Waals surface area contributed by atoms with Crippen LogP contribution in [0.3, 0.4) is 0 Å².